The monoisotopic (exact) mass is 647 g/mol. The molecule has 0 spiro atoms. The van der Waals surface area contributed by atoms with Gasteiger partial charge in [-0.3, -0.25) is 9.78 Å². The Hall–Kier alpha value is -3.39. The van der Waals surface area contributed by atoms with Crippen molar-refractivity contribution >= 4 is 21.8 Å². The molecule has 0 radical (unpaired) electrons. The number of aromatic nitrogens is 1. The average Bonchev–Trinajstić information content (AvgIpc) is 3.45. The van der Waals surface area contributed by atoms with Crippen LogP contribution in [0, 0.1) is 24.4 Å². The number of anilines is 1. The van der Waals surface area contributed by atoms with E-state index in [0.29, 0.717) is 42.6 Å². The summed E-state index contributed by atoms with van der Waals surface area (Å²) in [6.07, 6.45) is 2.33. The summed E-state index contributed by atoms with van der Waals surface area (Å²) in [5.74, 6) is -2.57. The lowest BCUT2D eigenvalue weighted by molar-refractivity contribution is -0.116. The molecule has 2 aromatic carbocycles. The van der Waals surface area contributed by atoms with Gasteiger partial charge in [-0.15, -0.1) is 0 Å². The second-order valence-corrected chi connectivity index (χ2v) is 13.6. The van der Waals surface area contributed by atoms with Gasteiger partial charge in [0.2, 0.25) is 5.91 Å². The molecule has 13 heteroatoms. The highest BCUT2D eigenvalue weighted by atomic mass is 32.2. The number of nitrogens with zero attached hydrogens (tertiary/aromatic N) is 3. The van der Waals surface area contributed by atoms with Gasteiger partial charge >= 0.3 is 0 Å². The molecule has 2 N–H and O–H groups in total. The zero-order chi connectivity index (χ0) is 32.1. The van der Waals surface area contributed by atoms with Gasteiger partial charge in [0.25, 0.3) is 10.2 Å². The number of aryl methyl sites for hydroxylation is 1. The molecular formula is C32H37F4N5O3S. The van der Waals surface area contributed by atoms with Crippen molar-refractivity contribution in [2.75, 3.05) is 38.0 Å². The van der Waals surface area contributed by atoms with E-state index in [1.165, 1.54) is 39.1 Å². The van der Waals surface area contributed by atoms with Gasteiger partial charge in [-0.05, 0) is 73.6 Å². The molecule has 5 rings (SSSR count). The molecule has 45 heavy (non-hydrogen) atoms. The van der Waals surface area contributed by atoms with Gasteiger partial charge < -0.3 is 10.6 Å². The van der Waals surface area contributed by atoms with Crippen LogP contribution in [-0.4, -0.2) is 72.9 Å². The number of carbonyl (C=O) groups is 1. The molecule has 0 unspecified atom stereocenters. The summed E-state index contributed by atoms with van der Waals surface area (Å²) in [6.45, 7) is 2.89. The number of amides is 1. The van der Waals surface area contributed by atoms with Gasteiger partial charge in [0.05, 0.1) is 18.1 Å². The molecule has 8 nitrogen and oxygen atoms in total. The number of alkyl halides is 1. The first-order valence-electron chi connectivity index (χ1n) is 15.1. The maximum absolute atomic E-state index is 15.0. The zero-order valence-corrected chi connectivity index (χ0v) is 25.8. The quantitative estimate of drug-likeness (QED) is 0.290. The molecule has 3 heterocycles. The summed E-state index contributed by atoms with van der Waals surface area (Å²) in [4.78, 5) is 17.3. The molecule has 242 valence electrons. The largest absolute Gasteiger partial charge is 0.324 e. The van der Waals surface area contributed by atoms with E-state index >= 15 is 4.39 Å². The van der Waals surface area contributed by atoms with Crippen molar-refractivity contribution < 1.29 is 30.8 Å². The highest BCUT2D eigenvalue weighted by Crippen LogP contribution is 2.31. The molecule has 2 saturated heterocycles. The summed E-state index contributed by atoms with van der Waals surface area (Å²) >= 11 is 0. The number of carbonyl (C=O) groups excluding carboxylic acids is 1. The van der Waals surface area contributed by atoms with Gasteiger partial charge in [-0.2, -0.15) is 17.0 Å². The Morgan fingerprint density at radius 3 is 2.56 bits per heavy atom. The lowest BCUT2D eigenvalue weighted by Gasteiger charge is -2.37. The summed E-state index contributed by atoms with van der Waals surface area (Å²) in [6, 6.07) is 9.74. The molecule has 2 fully saturated rings. The minimum Gasteiger partial charge on any atom is -0.324 e. The molecule has 1 aromatic heterocycles. The van der Waals surface area contributed by atoms with E-state index in [-0.39, 0.29) is 50.1 Å². The standard InChI is InChI=1S/C32H37F4N5O3S/c1-21-13-23(15-26(35)14-21)29(22-5-7-24(33)8-6-22)16-32(42)39-31-19-38-18-30(36)28(31)4-2-3-27-17-37-10-12-41(27)45(43,44)40-11-9-25(34)20-40/h5-8,13-15,18-19,25,27,29,37H,2-4,9-12,16-17,20H2,1H3,(H,39,42)/t25-,27-,29-/m0/s1. The summed E-state index contributed by atoms with van der Waals surface area (Å²) in [5, 5.41) is 5.96. The van der Waals surface area contributed by atoms with Crippen molar-refractivity contribution in [3.63, 3.8) is 0 Å². The smallest absolute Gasteiger partial charge is 0.282 e. The number of hydrogen-bond donors (Lipinski definition) is 2. The highest BCUT2D eigenvalue weighted by molar-refractivity contribution is 7.86. The van der Waals surface area contributed by atoms with Gasteiger partial charge in [0, 0.05) is 56.7 Å². The Morgan fingerprint density at radius 1 is 1.07 bits per heavy atom. The van der Waals surface area contributed by atoms with Gasteiger partial charge in [-0.1, -0.05) is 18.2 Å². The van der Waals surface area contributed by atoms with Crippen molar-refractivity contribution in [3.8, 4) is 0 Å². The maximum atomic E-state index is 15.0. The minimum atomic E-state index is -3.84. The summed E-state index contributed by atoms with van der Waals surface area (Å²) < 4.78 is 85.9. The second kappa shape index (κ2) is 14.4. The number of piperazine rings is 1. The summed E-state index contributed by atoms with van der Waals surface area (Å²) in [5.41, 5.74) is 2.25. The van der Waals surface area contributed by atoms with E-state index < -0.39 is 51.7 Å². The molecule has 3 atom stereocenters. The zero-order valence-electron chi connectivity index (χ0n) is 25.0. The highest BCUT2D eigenvalue weighted by Gasteiger charge is 2.39. The number of hydrogen-bond acceptors (Lipinski definition) is 5. The third-order valence-corrected chi connectivity index (χ3v) is 10.4. The Kier molecular flexibility index (Phi) is 10.5. The first kappa shape index (κ1) is 33.0. The van der Waals surface area contributed by atoms with Gasteiger partial charge in [0.1, 0.15) is 23.6 Å². The van der Waals surface area contributed by atoms with Crippen LogP contribution in [0.1, 0.15) is 53.9 Å². The number of nitrogens with one attached hydrogen (secondary N) is 2. The van der Waals surface area contributed by atoms with Crippen LogP contribution in [0.3, 0.4) is 0 Å². The van der Waals surface area contributed by atoms with Crippen LogP contribution in [0.5, 0.6) is 0 Å². The molecule has 0 aliphatic carbocycles. The van der Waals surface area contributed by atoms with Crippen LogP contribution >= 0.6 is 0 Å². The van der Waals surface area contributed by atoms with Crippen LogP contribution in [0.15, 0.2) is 54.9 Å². The third kappa shape index (κ3) is 8.07. The van der Waals surface area contributed by atoms with Crippen molar-refractivity contribution in [1.82, 2.24) is 18.9 Å². The Bertz CT molecular complexity index is 1590. The fourth-order valence-corrected chi connectivity index (χ4v) is 8.01. The minimum absolute atomic E-state index is 0.124. The fraction of sp³-hybridized carbons (Fsp3) is 0.438. The molecule has 2 aliphatic heterocycles. The van der Waals surface area contributed by atoms with Crippen LogP contribution in [0.25, 0.3) is 0 Å². The molecule has 3 aromatic rings. The molecule has 2 aliphatic rings. The van der Waals surface area contributed by atoms with Gasteiger partial charge in [-0.25, -0.2) is 17.6 Å². The maximum Gasteiger partial charge on any atom is 0.282 e. The predicted molar refractivity (Wildman–Crippen MR) is 163 cm³/mol. The van der Waals surface area contributed by atoms with E-state index in [1.54, 1.807) is 25.1 Å². The van der Waals surface area contributed by atoms with Crippen LogP contribution in [0.4, 0.5) is 23.2 Å². The Balaban J connectivity index is 1.28. The molecular weight excluding hydrogens is 610 g/mol. The summed E-state index contributed by atoms with van der Waals surface area (Å²) in [7, 11) is -3.84. The van der Waals surface area contributed by atoms with Crippen LogP contribution in [0.2, 0.25) is 0 Å². The molecule has 1 amide bonds. The number of halogens is 4. The predicted octanol–water partition coefficient (Wildman–Crippen LogP) is 4.85. The molecule has 0 bridgehead atoms. The lowest BCUT2D eigenvalue weighted by Crippen LogP contribution is -2.57. The second-order valence-electron chi connectivity index (χ2n) is 11.7. The number of pyridine rings is 1. The topological polar surface area (TPSA) is 94.6 Å². The van der Waals surface area contributed by atoms with E-state index in [9.17, 15) is 26.4 Å². The lowest BCUT2D eigenvalue weighted by atomic mass is 9.87. The third-order valence-electron chi connectivity index (χ3n) is 8.38. The van der Waals surface area contributed by atoms with Crippen molar-refractivity contribution in [2.45, 2.75) is 57.2 Å². The van der Waals surface area contributed by atoms with Gasteiger partial charge in [0.15, 0.2) is 0 Å². The fourth-order valence-electron chi connectivity index (χ4n) is 6.15. The number of benzene rings is 2. The van der Waals surface area contributed by atoms with Crippen LogP contribution in [-0.2, 0) is 21.4 Å². The Morgan fingerprint density at radius 2 is 1.84 bits per heavy atom. The van der Waals surface area contributed by atoms with E-state index in [4.69, 9.17) is 0 Å². The number of rotatable bonds is 11. The SMILES string of the molecule is Cc1cc(F)cc([C@@H](CC(=O)Nc2cncc(F)c2CCC[C@H]2CNCCN2S(=O)(=O)N2CC[C@H](F)C2)c2ccc(F)cc2)c1. The van der Waals surface area contributed by atoms with Crippen molar-refractivity contribution in [3.05, 3.63) is 94.6 Å². The first-order valence-corrected chi connectivity index (χ1v) is 16.5. The van der Waals surface area contributed by atoms with E-state index in [1.807, 2.05) is 0 Å². The van der Waals surface area contributed by atoms with E-state index in [0.717, 1.165) is 6.20 Å². The van der Waals surface area contributed by atoms with E-state index in [2.05, 4.69) is 15.6 Å². The van der Waals surface area contributed by atoms with Crippen LogP contribution < -0.4 is 10.6 Å². The normalized spacial score (nSPS) is 20.3. The molecule has 0 saturated carbocycles. The average molecular weight is 648 g/mol. The van der Waals surface area contributed by atoms with Crippen molar-refractivity contribution in [2.24, 2.45) is 0 Å². The Labute approximate surface area is 261 Å². The van der Waals surface area contributed by atoms with Crippen molar-refractivity contribution in [1.29, 1.82) is 0 Å². The first-order chi connectivity index (χ1) is 21.5.